The number of nitrogens with one attached hydrogen (secondary N) is 1. The van der Waals surface area contributed by atoms with Gasteiger partial charge in [-0.25, -0.2) is 0 Å². The maximum Gasteiger partial charge on any atom is 0.223 e. The molecule has 1 saturated carbocycles. The number of carbonyl (C=O) groups is 1. The van der Waals surface area contributed by atoms with Crippen molar-refractivity contribution in [1.82, 2.24) is 5.32 Å². The van der Waals surface area contributed by atoms with Crippen molar-refractivity contribution in [2.75, 3.05) is 6.54 Å². The molecule has 2 rings (SSSR count). The molecule has 0 heterocycles. The summed E-state index contributed by atoms with van der Waals surface area (Å²) in [5.74, 6) is 0.480. The Hall–Kier alpha value is -1.35. The fraction of sp³-hybridized carbons (Fsp3) is 0.500. The lowest BCUT2D eigenvalue weighted by Gasteiger charge is -2.24. The number of benzene rings is 1. The van der Waals surface area contributed by atoms with Crippen molar-refractivity contribution in [3.63, 3.8) is 0 Å². The smallest absolute Gasteiger partial charge is 0.223 e. The van der Waals surface area contributed by atoms with Gasteiger partial charge in [-0.2, -0.15) is 0 Å². The molecule has 3 heteroatoms. The van der Waals surface area contributed by atoms with E-state index in [0.717, 1.165) is 24.8 Å². The van der Waals surface area contributed by atoms with E-state index in [9.17, 15) is 4.79 Å². The van der Waals surface area contributed by atoms with Gasteiger partial charge >= 0.3 is 0 Å². The third-order valence-corrected chi connectivity index (χ3v) is 3.40. The van der Waals surface area contributed by atoms with Crippen LogP contribution >= 0.6 is 0 Å². The largest absolute Gasteiger partial charge is 0.352 e. The number of amides is 1. The van der Waals surface area contributed by atoms with Crippen molar-refractivity contribution in [1.29, 1.82) is 0 Å². The van der Waals surface area contributed by atoms with Gasteiger partial charge in [-0.1, -0.05) is 30.7 Å². The average molecular weight is 232 g/mol. The Morgan fingerprint density at radius 3 is 2.41 bits per heavy atom. The van der Waals surface area contributed by atoms with Crippen molar-refractivity contribution in [3.05, 3.63) is 35.4 Å². The van der Waals surface area contributed by atoms with Crippen molar-refractivity contribution in [3.8, 4) is 0 Å². The second-order valence-electron chi connectivity index (χ2n) is 4.70. The van der Waals surface area contributed by atoms with E-state index in [1.165, 1.54) is 12.0 Å². The molecular formula is C14H20N2O. The lowest BCUT2D eigenvalue weighted by atomic mass is 9.85. The van der Waals surface area contributed by atoms with E-state index in [0.29, 0.717) is 13.1 Å². The highest BCUT2D eigenvalue weighted by Crippen LogP contribution is 2.26. The first-order chi connectivity index (χ1) is 8.29. The summed E-state index contributed by atoms with van der Waals surface area (Å²) < 4.78 is 0. The molecule has 0 atom stereocenters. The van der Waals surface area contributed by atoms with E-state index < -0.39 is 0 Å². The Bertz CT molecular complexity index is 368. The second kappa shape index (κ2) is 5.82. The molecule has 1 amide bonds. The van der Waals surface area contributed by atoms with Gasteiger partial charge in [0.05, 0.1) is 0 Å². The minimum atomic E-state index is 0.210. The summed E-state index contributed by atoms with van der Waals surface area (Å²) in [5, 5.41) is 2.99. The van der Waals surface area contributed by atoms with Gasteiger partial charge in [0.15, 0.2) is 0 Å². The van der Waals surface area contributed by atoms with Gasteiger partial charge in [-0.15, -0.1) is 0 Å². The molecule has 1 aromatic carbocycles. The first kappa shape index (κ1) is 12.1. The van der Waals surface area contributed by atoms with E-state index in [1.807, 2.05) is 0 Å². The lowest BCUT2D eigenvalue weighted by molar-refractivity contribution is -0.127. The Morgan fingerprint density at radius 1 is 1.24 bits per heavy atom. The summed E-state index contributed by atoms with van der Waals surface area (Å²) in [4.78, 5) is 11.6. The van der Waals surface area contributed by atoms with Crippen molar-refractivity contribution in [2.24, 2.45) is 11.7 Å². The van der Waals surface area contributed by atoms with E-state index in [4.69, 9.17) is 5.73 Å². The SMILES string of the molecule is NCCc1ccc(CNC(=O)C2CCC2)cc1. The Labute approximate surface area is 102 Å². The summed E-state index contributed by atoms with van der Waals surface area (Å²) in [5.41, 5.74) is 7.90. The molecule has 0 radical (unpaired) electrons. The van der Waals surface area contributed by atoms with Crippen molar-refractivity contribution >= 4 is 5.91 Å². The van der Waals surface area contributed by atoms with Gasteiger partial charge in [-0.05, 0) is 36.9 Å². The molecule has 0 aliphatic heterocycles. The molecular weight excluding hydrogens is 212 g/mol. The van der Waals surface area contributed by atoms with E-state index in [2.05, 4.69) is 29.6 Å². The second-order valence-corrected chi connectivity index (χ2v) is 4.70. The van der Waals surface area contributed by atoms with Crippen LogP contribution in [0.1, 0.15) is 30.4 Å². The minimum absolute atomic E-state index is 0.210. The molecule has 3 N–H and O–H groups in total. The predicted molar refractivity (Wildman–Crippen MR) is 68.4 cm³/mol. The highest BCUT2D eigenvalue weighted by molar-refractivity contribution is 5.79. The van der Waals surface area contributed by atoms with E-state index >= 15 is 0 Å². The molecule has 1 aliphatic rings. The molecule has 92 valence electrons. The highest BCUT2D eigenvalue weighted by atomic mass is 16.1. The van der Waals surface area contributed by atoms with Crippen LogP contribution in [0.25, 0.3) is 0 Å². The molecule has 1 aromatic rings. The van der Waals surface area contributed by atoms with Crippen molar-refractivity contribution < 1.29 is 4.79 Å². The maximum absolute atomic E-state index is 11.6. The summed E-state index contributed by atoms with van der Waals surface area (Å²) in [6.45, 7) is 1.32. The zero-order valence-electron chi connectivity index (χ0n) is 10.1. The maximum atomic E-state index is 11.6. The number of hydrogen-bond acceptors (Lipinski definition) is 2. The standard InChI is InChI=1S/C14H20N2O/c15-9-8-11-4-6-12(7-5-11)10-16-14(17)13-2-1-3-13/h4-7,13H,1-3,8-10,15H2,(H,16,17). The molecule has 17 heavy (non-hydrogen) atoms. The first-order valence-electron chi connectivity index (χ1n) is 6.35. The summed E-state index contributed by atoms with van der Waals surface area (Å²) in [6, 6.07) is 8.29. The van der Waals surface area contributed by atoms with Crippen LogP contribution in [0.2, 0.25) is 0 Å². The molecule has 1 aliphatic carbocycles. The van der Waals surface area contributed by atoms with Crippen LogP contribution in [0.4, 0.5) is 0 Å². The summed E-state index contributed by atoms with van der Waals surface area (Å²) in [6.07, 6.45) is 4.23. The molecule has 0 aromatic heterocycles. The van der Waals surface area contributed by atoms with Gasteiger partial charge < -0.3 is 11.1 Å². The van der Waals surface area contributed by atoms with Crippen molar-refractivity contribution in [2.45, 2.75) is 32.2 Å². The summed E-state index contributed by atoms with van der Waals surface area (Å²) in [7, 11) is 0. The van der Waals surface area contributed by atoms with E-state index in [-0.39, 0.29) is 11.8 Å². The predicted octanol–water partition coefficient (Wildman–Crippen LogP) is 1.60. The molecule has 1 fully saturated rings. The number of hydrogen-bond donors (Lipinski definition) is 2. The Balaban J connectivity index is 1.80. The monoisotopic (exact) mass is 232 g/mol. The van der Waals surface area contributed by atoms with Gasteiger partial charge in [0.25, 0.3) is 0 Å². The van der Waals surface area contributed by atoms with Gasteiger partial charge in [0.2, 0.25) is 5.91 Å². The van der Waals surface area contributed by atoms with Gasteiger partial charge in [0, 0.05) is 12.5 Å². The molecule has 3 nitrogen and oxygen atoms in total. The number of carbonyl (C=O) groups excluding carboxylic acids is 1. The van der Waals surface area contributed by atoms with E-state index in [1.54, 1.807) is 0 Å². The topological polar surface area (TPSA) is 55.1 Å². The van der Waals surface area contributed by atoms with Crippen LogP contribution in [0.15, 0.2) is 24.3 Å². The third kappa shape index (κ3) is 3.30. The van der Waals surface area contributed by atoms with Crippen LogP contribution in [-0.4, -0.2) is 12.5 Å². The average Bonchev–Trinajstić information content (AvgIpc) is 2.26. The first-order valence-corrected chi connectivity index (χ1v) is 6.35. The quantitative estimate of drug-likeness (QED) is 0.810. The fourth-order valence-electron chi connectivity index (χ4n) is 1.99. The number of rotatable bonds is 5. The minimum Gasteiger partial charge on any atom is -0.352 e. The van der Waals surface area contributed by atoms with Gasteiger partial charge in [0.1, 0.15) is 0 Å². The van der Waals surface area contributed by atoms with Crippen LogP contribution in [0.5, 0.6) is 0 Å². The van der Waals surface area contributed by atoms with Crippen LogP contribution < -0.4 is 11.1 Å². The van der Waals surface area contributed by atoms with Gasteiger partial charge in [-0.3, -0.25) is 4.79 Å². The zero-order valence-corrected chi connectivity index (χ0v) is 10.1. The normalized spacial score (nSPS) is 15.4. The zero-order chi connectivity index (χ0) is 12.1. The third-order valence-electron chi connectivity index (χ3n) is 3.40. The molecule has 0 saturated heterocycles. The Kier molecular flexibility index (Phi) is 4.15. The Morgan fingerprint density at radius 2 is 1.88 bits per heavy atom. The molecule has 0 spiro atoms. The number of nitrogens with two attached hydrogens (primary N) is 1. The van der Waals surface area contributed by atoms with Crippen LogP contribution in [0, 0.1) is 5.92 Å². The molecule has 0 bridgehead atoms. The fourth-order valence-corrected chi connectivity index (χ4v) is 1.99. The lowest BCUT2D eigenvalue weighted by Crippen LogP contribution is -2.33. The highest BCUT2D eigenvalue weighted by Gasteiger charge is 2.24. The summed E-state index contributed by atoms with van der Waals surface area (Å²) >= 11 is 0. The van der Waals surface area contributed by atoms with Crippen LogP contribution in [0.3, 0.4) is 0 Å². The van der Waals surface area contributed by atoms with Crippen LogP contribution in [-0.2, 0) is 17.8 Å². The molecule has 0 unspecified atom stereocenters.